The third-order valence-corrected chi connectivity index (χ3v) is 8.07. The molecule has 1 unspecified atom stereocenters. The van der Waals surface area contributed by atoms with Gasteiger partial charge in [0, 0.05) is 30.6 Å². The van der Waals surface area contributed by atoms with Crippen molar-refractivity contribution in [2.75, 3.05) is 26.2 Å². The molecule has 0 spiro atoms. The zero-order valence-corrected chi connectivity index (χ0v) is 13.9. The molecular formula is C14H22N2O3S2. The molecule has 3 heterocycles. The van der Waals surface area contributed by atoms with Crippen LogP contribution < -0.4 is 0 Å². The van der Waals surface area contributed by atoms with Crippen LogP contribution in [-0.4, -0.2) is 55.0 Å². The summed E-state index contributed by atoms with van der Waals surface area (Å²) in [6.07, 6.45) is 3.52. The summed E-state index contributed by atoms with van der Waals surface area (Å²) >= 11 is 1.20. The van der Waals surface area contributed by atoms with Crippen LogP contribution in [0.15, 0.2) is 10.3 Å². The maximum absolute atomic E-state index is 12.8. The Labute approximate surface area is 130 Å². The normalized spacial score (nSPS) is 25.0. The standard InChI is InChI=1S/C14H22N2O3S2/c1-11-8-14(20-13(11)10-17)21(18,19)16-7-6-15-5-3-2-4-12(15)9-16/h8,12,17H,2-7,9-10H2,1H3. The van der Waals surface area contributed by atoms with Crippen molar-refractivity contribution in [1.29, 1.82) is 0 Å². The van der Waals surface area contributed by atoms with Crippen LogP contribution in [-0.2, 0) is 16.6 Å². The number of fused-ring (bicyclic) bond motifs is 1. The lowest BCUT2D eigenvalue weighted by Gasteiger charge is -2.43. The molecule has 0 aromatic carbocycles. The Bertz CT molecular complexity index is 612. The fraction of sp³-hybridized carbons (Fsp3) is 0.714. The van der Waals surface area contributed by atoms with Gasteiger partial charge in [0.05, 0.1) is 6.61 Å². The van der Waals surface area contributed by atoms with E-state index < -0.39 is 10.0 Å². The topological polar surface area (TPSA) is 60.9 Å². The number of hydrogen-bond donors (Lipinski definition) is 1. The van der Waals surface area contributed by atoms with Crippen molar-refractivity contribution in [3.05, 3.63) is 16.5 Å². The first-order valence-electron chi connectivity index (χ1n) is 7.47. The first-order valence-corrected chi connectivity index (χ1v) is 9.72. The Morgan fingerprint density at radius 3 is 2.86 bits per heavy atom. The molecule has 0 amide bonds. The summed E-state index contributed by atoms with van der Waals surface area (Å²) in [5.74, 6) is 0. The molecule has 118 valence electrons. The summed E-state index contributed by atoms with van der Waals surface area (Å²) < 4.78 is 27.6. The maximum Gasteiger partial charge on any atom is 0.252 e. The Kier molecular flexibility index (Phi) is 4.38. The van der Waals surface area contributed by atoms with E-state index in [2.05, 4.69) is 4.90 Å². The zero-order chi connectivity index (χ0) is 15.0. The Morgan fingerprint density at radius 1 is 1.33 bits per heavy atom. The molecule has 0 radical (unpaired) electrons. The van der Waals surface area contributed by atoms with E-state index in [0.29, 0.717) is 23.3 Å². The zero-order valence-electron chi connectivity index (χ0n) is 12.3. The summed E-state index contributed by atoms with van der Waals surface area (Å²) in [7, 11) is -3.41. The predicted molar refractivity (Wildman–Crippen MR) is 82.9 cm³/mol. The minimum Gasteiger partial charge on any atom is -0.391 e. The van der Waals surface area contributed by atoms with Crippen molar-refractivity contribution in [3.63, 3.8) is 0 Å². The highest BCUT2D eigenvalue weighted by molar-refractivity contribution is 7.91. The van der Waals surface area contributed by atoms with Gasteiger partial charge in [-0.3, -0.25) is 4.90 Å². The quantitative estimate of drug-likeness (QED) is 0.910. The molecule has 0 aliphatic carbocycles. The Balaban J connectivity index is 1.81. The number of thiophene rings is 1. The second kappa shape index (κ2) is 5.96. The molecular weight excluding hydrogens is 308 g/mol. The fourth-order valence-corrected chi connectivity index (χ4v) is 6.32. The molecule has 2 saturated heterocycles. The Morgan fingerprint density at radius 2 is 2.14 bits per heavy atom. The van der Waals surface area contributed by atoms with Crippen molar-refractivity contribution in [1.82, 2.24) is 9.21 Å². The molecule has 2 aliphatic heterocycles. The van der Waals surface area contributed by atoms with Crippen LogP contribution in [0.25, 0.3) is 0 Å². The van der Waals surface area contributed by atoms with Gasteiger partial charge in [0.1, 0.15) is 4.21 Å². The van der Waals surface area contributed by atoms with Crippen LogP contribution in [0.3, 0.4) is 0 Å². The van der Waals surface area contributed by atoms with Crippen molar-refractivity contribution < 1.29 is 13.5 Å². The van der Waals surface area contributed by atoms with Crippen molar-refractivity contribution in [2.24, 2.45) is 0 Å². The SMILES string of the molecule is Cc1cc(S(=O)(=O)N2CCN3CCCCC3C2)sc1CO. The van der Waals surface area contributed by atoms with Gasteiger partial charge in [-0.2, -0.15) is 4.31 Å². The van der Waals surface area contributed by atoms with E-state index in [4.69, 9.17) is 0 Å². The molecule has 1 aromatic rings. The highest BCUT2D eigenvalue weighted by atomic mass is 32.2. The lowest BCUT2D eigenvalue weighted by atomic mass is 10.0. The van der Waals surface area contributed by atoms with Gasteiger partial charge in [-0.25, -0.2) is 8.42 Å². The molecule has 1 aromatic heterocycles. The lowest BCUT2D eigenvalue weighted by molar-refractivity contribution is 0.0852. The summed E-state index contributed by atoms with van der Waals surface area (Å²) in [4.78, 5) is 3.17. The second-order valence-corrected chi connectivity index (χ2v) is 9.18. The average molecular weight is 330 g/mol. The van der Waals surface area contributed by atoms with Gasteiger partial charge >= 0.3 is 0 Å². The highest BCUT2D eigenvalue weighted by Crippen LogP contribution is 2.31. The molecule has 0 bridgehead atoms. The number of sulfonamides is 1. The maximum atomic E-state index is 12.8. The predicted octanol–water partition coefficient (Wildman–Crippen LogP) is 1.41. The van der Waals surface area contributed by atoms with E-state index in [1.165, 1.54) is 24.2 Å². The number of nitrogens with zero attached hydrogens (tertiary/aromatic N) is 2. The molecule has 2 aliphatic rings. The van der Waals surface area contributed by atoms with Crippen LogP contribution in [0.4, 0.5) is 0 Å². The summed E-state index contributed by atoms with van der Waals surface area (Å²) in [6, 6.07) is 2.07. The third kappa shape index (κ3) is 2.90. The molecule has 21 heavy (non-hydrogen) atoms. The van der Waals surface area contributed by atoms with Gasteiger partial charge in [0.2, 0.25) is 0 Å². The summed E-state index contributed by atoms with van der Waals surface area (Å²) in [6.45, 7) is 4.87. The number of hydrogen-bond acceptors (Lipinski definition) is 5. The van der Waals surface area contributed by atoms with Crippen LogP contribution in [0, 0.1) is 6.92 Å². The van der Waals surface area contributed by atoms with Crippen molar-refractivity contribution in [2.45, 2.75) is 43.0 Å². The van der Waals surface area contributed by atoms with Crippen LogP contribution in [0.2, 0.25) is 0 Å². The Hall–Kier alpha value is -0.470. The van der Waals surface area contributed by atoms with E-state index in [1.807, 2.05) is 6.92 Å². The number of aliphatic hydroxyl groups is 1. The van der Waals surface area contributed by atoms with E-state index in [0.717, 1.165) is 30.0 Å². The van der Waals surface area contributed by atoms with Crippen LogP contribution in [0.5, 0.6) is 0 Å². The van der Waals surface area contributed by atoms with E-state index in [1.54, 1.807) is 10.4 Å². The molecule has 2 fully saturated rings. The number of rotatable bonds is 3. The largest absolute Gasteiger partial charge is 0.391 e. The smallest absolute Gasteiger partial charge is 0.252 e. The van der Waals surface area contributed by atoms with Crippen molar-refractivity contribution in [3.8, 4) is 0 Å². The second-order valence-electron chi connectivity index (χ2n) is 5.88. The molecule has 1 N–H and O–H groups in total. The van der Waals surface area contributed by atoms with Crippen LogP contribution in [0.1, 0.15) is 29.7 Å². The number of piperidine rings is 1. The van der Waals surface area contributed by atoms with E-state index in [-0.39, 0.29) is 6.61 Å². The van der Waals surface area contributed by atoms with Gasteiger partial charge < -0.3 is 5.11 Å². The minimum absolute atomic E-state index is 0.0948. The van der Waals surface area contributed by atoms with Gasteiger partial charge in [-0.1, -0.05) is 6.42 Å². The first kappa shape index (κ1) is 15.4. The minimum atomic E-state index is -3.41. The van der Waals surface area contributed by atoms with Crippen molar-refractivity contribution >= 4 is 21.4 Å². The number of aliphatic hydroxyl groups excluding tert-OH is 1. The summed E-state index contributed by atoms with van der Waals surface area (Å²) in [5, 5.41) is 9.26. The lowest BCUT2D eigenvalue weighted by Crippen LogP contribution is -2.55. The van der Waals surface area contributed by atoms with Gasteiger partial charge in [0.15, 0.2) is 0 Å². The number of piperazine rings is 1. The third-order valence-electron chi connectivity index (χ3n) is 4.54. The molecule has 7 heteroatoms. The molecule has 1 atom stereocenters. The van der Waals surface area contributed by atoms with Gasteiger partial charge in [0.25, 0.3) is 10.0 Å². The van der Waals surface area contributed by atoms with Crippen LogP contribution >= 0.6 is 11.3 Å². The first-order chi connectivity index (χ1) is 10.0. The number of aryl methyl sites for hydroxylation is 1. The van der Waals surface area contributed by atoms with E-state index >= 15 is 0 Å². The molecule has 3 rings (SSSR count). The summed E-state index contributed by atoms with van der Waals surface area (Å²) in [5.41, 5.74) is 0.859. The van der Waals surface area contributed by atoms with Gasteiger partial charge in [-0.05, 0) is 37.9 Å². The molecule has 0 saturated carbocycles. The fourth-order valence-electron chi connectivity index (χ4n) is 3.25. The monoisotopic (exact) mass is 330 g/mol. The van der Waals surface area contributed by atoms with E-state index in [9.17, 15) is 13.5 Å². The van der Waals surface area contributed by atoms with Gasteiger partial charge in [-0.15, -0.1) is 11.3 Å². The molecule has 5 nitrogen and oxygen atoms in total. The highest BCUT2D eigenvalue weighted by Gasteiger charge is 2.35. The average Bonchev–Trinajstić information content (AvgIpc) is 2.88.